The molecule has 0 aromatic carbocycles. The van der Waals surface area contributed by atoms with E-state index in [9.17, 15) is 5.11 Å². The number of likely N-dealkylation sites (N-methyl/N-ethyl adjacent to an activating group) is 1. The van der Waals surface area contributed by atoms with E-state index in [2.05, 4.69) is 31.9 Å². The number of rotatable bonds is 0. The second-order valence-electron chi connectivity index (χ2n) is 14.5. The summed E-state index contributed by atoms with van der Waals surface area (Å²) >= 11 is 0. The Morgan fingerprint density at radius 3 is 2.73 bits per heavy atom. The predicted molar refractivity (Wildman–Crippen MR) is 127 cm³/mol. The summed E-state index contributed by atoms with van der Waals surface area (Å²) in [5.74, 6) is 2.53. The lowest BCUT2D eigenvalue weighted by molar-refractivity contribution is -0.232. The number of allylic oxidation sites excluding steroid dienone is 1. The van der Waals surface area contributed by atoms with E-state index in [1.165, 1.54) is 37.7 Å². The number of nitrogens with two attached hydrogens (primary N) is 2. The number of likely N-dealkylation sites (tertiary alicyclic amines) is 1. The van der Waals surface area contributed by atoms with Gasteiger partial charge in [0.2, 0.25) is 0 Å². The molecule has 5 N–H and O–H groups in total. The maximum Gasteiger partial charge on any atom is 0.133 e. The Morgan fingerprint density at radius 1 is 1.09 bits per heavy atom. The lowest BCUT2D eigenvalue weighted by atomic mass is 9.47. The number of hydrogen-bond donors (Lipinski definition) is 3. The van der Waals surface area contributed by atoms with Gasteiger partial charge in [-0.05, 0) is 94.4 Å². The van der Waals surface area contributed by atoms with Gasteiger partial charge in [-0.3, -0.25) is 4.90 Å². The molecule has 5 heteroatoms. The average Bonchev–Trinajstić information content (AvgIpc) is 3.26. The summed E-state index contributed by atoms with van der Waals surface area (Å²) in [5, 5.41) is 10.4. The SMILES string of the molecule is C[C@@H]1CN(C)[C@H]2[C@H]3CC45CC46C[C@@]4(N)C(CC=C7C[C@@H](O)CC[C@@]74C)[C@@H]6CC[C@@]35O[C@]2(N)C1. The van der Waals surface area contributed by atoms with Crippen LogP contribution in [0.2, 0.25) is 0 Å². The van der Waals surface area contributed by atoms with Crippen LogP contribution in [-0.4, -0.2) is 52.6 Å². The van der Waals surface area contributed by atoms with Crippen LogP contribution in [0.4, 0.5) is 0 Å². The van der Waals surface area contributed by atoms with Crippen molar-refractivity contribution in [3.8, 4) is 0 Å². The molecule has 12 atom stereocenters. The third-order valence-electron chi connectivity index (χ3n) is 13.5. The van der Waals surface area contributed by atoms with Crippen molar-refractivity contribution in [2.24, 2.45) is 51.4 Å². The largest absolute Gasteiger partial charge is 0.393 e. The molecule has 8 rings (SSSR count). The van der Waals surface area contributed by atoms with Gasteiger partial charge in [-0.25, -0.2) is 0 Å². The minimum atomic E-state index is -0.469. The van der Waals surface area contributed by atoms with Crippen LogP contribution in [0, 0.1) is 39.9 Å². The standard InChI is InChI=1S/C28H43N3O2/c1-16-11-28(30)22(31(3)13-16)21-12-25-14-24(25)15-26(29)20(19(24)7-9-27(21,25)33-28)5-4-17-10-18(32)6-8-23(17,26)2/h4,16,18-22,32H,5-15,29-30H2,1-3H3/t16-,18-,19-,20?,21+,22-,23-,24?,25?,26+,27+,28+/m0/s1. The van der Waals surface area contributed by atoms with Gasteiger partial charge >= 0.3 is 0 Å². The van der Waals surface area contributed by atoms with Gasteiger partial charge in [0.05, 0.1) is 17.7 Å². The maximum atomic E-state index is 10.4. The van der Waals surface area contributed by atoms with Crippen molar-refractivity contribution in [2.75, 3.05) is 13.6 Å². The molecule has 2 saturated heterocycles. The summed E-state index contributed by atoms with van der Waals surface area (Å²) in [6.07, 6.45) is 13.5. The smallest absolute Gasteiger partial charge is 0.133 e. The van der Waals surface area contributed by atoms with Gasteiger partial charge < -0.3 is 21.3 Å². The Kier molecular flexibility index (Phi) is 3.51. The van der Waals surface area contributed by atoms with Crippen molar-refractivity contribution < 1.29 is 9.84 Å². The number of ether oxygens (including phenoxy) is 1. The Balaban J connectivity index is 1.18. The van der Waals surface area contributed by atoms with Gasteiger partial charge in [0.25, 0.3) is 0 Å². The fraction of sp³-hybridized carbons (Fsp3) is 0.929. The molecule has 0 bridgehead atoms. The topological polar surface area (TPSA) is 84.7 Å². The minimum absolute atomic E-state index is 0.00497. The van der Waals surface area contributed by atoms with Crippen LogP contribution in [0.1, 0.15) is 78.1 Å². The van der Waals surface area contributed by atoms with Crippen molar-refractivity contribution in [1.29, 1.82) is 0 Å². The highest BCUT2D eigenvalue weighted by atomic mass is 16.6. The van der Waals surface area contributed by atoms with Gasteiger partial charge in [0.15, 0.2) is 0 Å². The highest BCUT2D eigenvalue weighted by Gasteiger charge is 2.94. The van der Waals surface area contributed by atoms with Gasteiger partial charge in [-0.1, -0.05) is 25.5 Å². The lowest BCUT2D eigenvalue weighted by Crippen LogP contribution is -2.65. The molecule has 6 aliphatic carbocycles. The molecule has 182 valence electrons. The first kappa shape index (κ1) is 20.7. The Hall–Kier alpha value is -0.460. The normalized spacial score (nSPS) is 67.0. The molecule has 5 saturated carbocycles. The van der Waals surface area contributed by atoms with Crippen LogP contribution < -0.4 is 11.5 Å². The summed E-state index contributed by atoms with van der Waals surface area (Å²) in [6.45, 7) is 5.93. The Bertz CT molecular complexity index is 984. The first-order valence-corrected chi connectivity index (χ1v) is 13.9. The zero-order valence-electron chi connectivity index (χ0n) is 20.8. The van der Waals surface area contributed by atoms with Gasteiger partial charge in [0, 0.05) is 28.8 Å². The summed E-state index contributed by atoms with van der Waals surface area (Å²) < 4.78 is 7.21. The monoisotopic (exact) mass is 453 g/mol. The molecule has 2 aliphatic heterocycles. The molecule has 2 heterocycles. The number of nitrogens with zero attached hydrogens (tertiary/aromatic N) is 1. The zero-order valence-corrected chi connectivity index (χ0v) is 20.8. The predicted octanol–water partition coefficient (Wildman–Crippen LogP) is 3.16. The second-order valence-corrected chi connectivity index (χ2v) is 14.5. The van der Waals surface area contributed by atoms with Gasteiger partial charge in [-0.2, -0.15) is 0 Å². The van der Waals surface area contributed by atoms with E-state index in [1.807, 2.05) is 0 Å². The highest BCUT2D eigenvalue weighted by molar-refractivity contribution is 5.45. The van der Waals surface area contributed by atoms with Crippen molar-refractivity contribution in [2.45, 2.75) is 107 Å². The molecule has 33 heavy (non-hydrogen) atoms. The number of aliphatic hydroxyl groups excluding tert-OH is 1. The van der Waals surface area contributed by atoms with Crippen molar-refractivity contribution >= 4 is 0 Å². The molecule has 3 unspecified atom stereocenters. The molecule has 0 aromatic rings. The van der Waals surface area contributed by atoms with Gasteiger partial charge in [0.1, 0.15) is 5.72 Å². The Morgan fingerprint density at radius 2 is 1.91 bits per heavy atom. The number of piperidine rings is 1. The number of aliphatic hydroxyl groups is 1. The summed E-state index contributed by atoms with van der Waals surface area (Å²) in [4.78, 5) is 2.55. The van der Waals surface area contributed by atoms with Crippen molar-refractivity contribution in [1.82, 2.24) is 4.90 Å². The Labute approximate surface area is 198 Å². The van der Waals surface area contributed by atoms with E-state index >= 15 is 0 Å². The van der Waals surface area contributed by atoms with E-state index in [1.54, 1.807) is 0 Å². The third kappa shape index (κ3) is 1.93. The van der Waals surface area contributed by atoms with Crippen LogP contribution in [0.3, 0.4) is 0 Å². The quantitative estimate of drug-likeness (QED) is 0.491. The molecular formula is C28H43N3O2. The fourth-order valence-corrected chi connectivity index (χ4v) is 12.5. The van der Waals surface area contributed by atoms with Gasteiger partial charge in [-0.15, -0.1) is 0 Å². The van der Waals surface area contributed by atoms with E-state index in [0.717, 1.165) is 44.6 Å². The second kappa shape index (κ2) is 5.59. The van der Waals surface area contributed by atoms with E-state index < -0.39 is 5.72 Å². The van der Waals surface area contributed by atoms with Crippen molar-refractivity contribution in [3.05, 3.63) is 11.6 Å². The average molecular weight is 454 g/mol. The fourth-order valence-electron chi connectivity index (χ4n) is 12.5. The zero-order chi connectivity index (χ0) is 22.8. The van der Waals surface area contributed by atoms with Crippen LogP contribution in [0.15, 0.2) is 11.6 Å². The molecule has 5 nitrogen and oxygen atoms in total. The van der Waals surface area contributed by atoms with Crippen LogP contribution in [0.5, 0.6) is 0 Å². The highest BCUT2D eigenvalue weighted by Crippen LogP contribution is 2.93. The van der Waals surface area contributed by atoms with Crippen LogP contribution in [-0.2, 0) is 4.74 Å². The van der Waals surface area contributed by atoms with Crippen LogP contribution >= 0.6 is 0 Å². The van der Waals surface area contributed by atoms with Crippen LogP contribution in [0.25, 0.3) is 0 Å². The molecular weight excluding hydrogens is 410 g/mol. The third-order valence-corrected chi connectivity index (χ3v) is 13.5. The molecule has 0 radical (unpaired) electrons. The van der Waals surface area contributed by atoms with E-state index in [-0.39, 0.29) is 22.7 Å². The molecule has 0 aromatic heterocycles. The first-order valence-electron chi connectivity index (χ1n) is 13.9. The maximum absolute atomic E-state index is 10.4. The minimum Gasteiger partial charge on any atom is -0.393 e. The molecule has 8 aliphatic rings. The lowest BCUT2D eigenvalue weighted by Gasteiger charge is -2.60. The van der Waals surface area contributed by atoms with E-state index in [4.69, 9.17) is 16.2 Å². The van der Waals surface area contributed by atoms with Crippen molar-refractivity contribution in [3.63, 3.8) is 0 Å². The summed E-state index contributed by atoms with van der Waals surface area (Å²) in [7, 11) is 2.29. The molecule has 0 amide bonds. The number of fused-ring (bicyclic) bond motifs is 6. The first-order chi connectivity index (χ1) is 15.5. The summed E-state index contributed by atoms with van der Waals surface area (Å²) in [6, 6.07) is 0.384. The molecule has 7 fully saturated rings. The number of hydrogen-bond acceptors (Lipinski definition) is 5. The summed E-state index contributed by atoms with van der Waals surface area (Å²) in [5.41, 5.74) is 16.4. The molecule has 3 spiro atoms. The van der Waals surface area contributed by atoms with E-state index in [0.29, 0.717) is 34.6 Å².